The molecule has 0 unspecified atom stereocenters. The molecule has 82 valence electrons. The molecule has 0 bridgehead atoms. The van der Waals surface area contributed by atoms with Crippen LogP contribution < -0.4 is 5.32 Å². The molecular weight excluding hydrogens is 194 g/mol. The van der Waals surface area contributed by atoms with E-state index in [2.05, 4.69) is 15.3 Å². The van der Waals surface area contributed by atoms with Gasteiger partial charge in [0.05, 0.1) is 5.69 Å². The summed E-state index contributed by atoms with van der Waals surface area (Å²) in [4.78, 5) is 18.4. The van der Waals surface area contributed by atoms with E-state index >= 15 is 0 Å². The normalized spacial score (nSPS) is 11.1. The molecule has 0 atom stereocenters. The Kier molecular flexibility index (Phi) is 3.24. The molecule has 1 aromatic heterocycles. The van der Waals surface area contributed by atoms with Crippen LogP contribution in [0.2, 0.25) is 0 Å². The first-order valence-corrected chi connectivity index (χ1v) is 4.68. The molecular formula is C10H15N3O2. The van der Waals surface area contributed by atoms with Crippen LogP contribution in [0.5, 0.6) is 0 Å². The number of aromatic nitrogens is 2. The second-order valence-corrected chi connectivity index (χ2v) is 4.29. The van der Waals surface area contributed by atoms with Crippen molar-refractivity contribution >= 4 is 11.8 Å². The Labute approximate surface area is 88.6 Å². The summed E-state index contributed by atoms with van der Waals surface area (Å²) in [5, 5.41) is 11.2. The van der Waals surface area contributed by atoms with Crippen LogP contribution in [0.4, 0.5) is 5.82 Å². The molecule has 0 radical (unpaired) electrons. The van der Waals surface area contributed by atoms with Crippen LogP contribution in [0, 0.1) is 0 Å². The van der Waals surface area contributed by atoms with Crippen molar-refractivity contribution in [2.75, 3.05) is 11.9 Å². The zero-order valence-electron chi connectivity index (χ0n) is 9.11. The number of rotatable bonds is 3. The zero-order chi connectivity index (χ0) is 11.5. The predicted molar refractivity (Wildman–Crippen MR) is 56.9 cm³/mol. The van der Waals surface area contributed by atoms with Gasteiger partial charge in [-0.3, -0.25) is 4.79 Å². The molecule has 1 heterocycles. The van der Waals surface area contributed by atoms with Gasteiger partial charge in [-0.1, -0.05) is 20.8 Å². The van der Waals surface area contributed by atoms with Crippen LogP contribution in [0.1, 0.15) is 26.5 Å². The molecule has 15 heavy (non-hydrogen) atoms. The van der Waals surface area contributed by atoms with E-state index in [1.165, 1.54) is 6.33 Å². The van der Waals surface area contributed by atoms with E-state index in [0.29, 0.717) is 5.82 Å². The van der Waals surface area contributed by atoms with Crippen molar-refractivity contribution in [3.63, 3.8) is 0 Å². The highest BCUT2D eigenvalue weighted by atomic mass is 16.4. The maximum atomic E-state index is 10.3. The van der Waals surface area contributed by atoms with E-state index in [1.54, 1.807) is 6.07 Å². The molecule has 1 rings (SSSR count). The Bertz CT molecular complexity index is 358. The molecule has 0 fully saturated rings. The van der Waals surface area contributed by atoms with Crippen LogP contribution >= 0.6 is 0 Å². The van der Waals surface area contributed by atoms with E-state index in [4.69, 9.17) is 5.11 Å². The third-order valence-corrected chi connectivity index (χ3v) is 1.86. The van der Waals surface area contributed by atoms with Crippen molar-refractivity contribution in [1.29, 1.82) is 0 Å². The van der Waals surface area contributed by atoms with Crippen molar-refractivity contribution in [1.82, 2.24) is 9.97 Å². The molecule has 0 saturated carbocycles. The molecule has 0 saturated heterocycles. The Hall–Kier alpha value is -1.65. The summed E-state index contributed by atoms with van der Waals surface area (Å²) in [6.07, 6.45) is 1.44. The first-order chi connectivity index (χ1) is 6.89. The zero-order valence-corrected chi connectivity index (χ0v) is 9.11. The lowest BCUT2D eigenvalue weighted by Crippen LogP contribution is -2.17. The van der Waals surface area contributed by atoms with Gasteiger partial charge in [0.15, 0.2) is 0 Å². The van der Waals surface area contributed by atoms with Crippen molar-refractivity contribution < 1.29 is 9.90 Å². The van der Waals surface area contributed by atoms with Gasteiger partial charge in [-0.15, -0.1) is 0 Å². The Morgan fingerprint density at radius 2 is 2.13 bits per heavy atom. The molecule has 0 amide bonds. The number of nitrogens with one attached hydrogen (secondary N) is 1. The van der Waals surface area contributed by atoms with E-state index in [9.17, 15) is 4.79 Å². The third-order valence-electron chi connectivity index (χ3n) is 1.86. The Balaban J connectivity index is 2.79. The predicted octanol–water partition coefficient (Wildman–Crippen LogP) is 1.27. The summed E-state index contributed by atoms with van der Waals surface area (Å²) in [6.45, 7) is 5.98. The summed E-state index contributed by atoms with van der Waals surface area (Å²) < 4.78 is 0. The average Bonchev–Trinajstić information content (AvgIpc) is 2.14. The Morgan fingerprint density at radius 3 is 2.67 bits per heavy atom. The van der Waals surface area contributed by atoms with Gasteiger partial charge < -0.3 is 10.4 Å². The van der Waals surface area contributed by atoms with Gasteiger partial charge in [-0.25, -0.2) is 9.97 Å². The molecule has 2 N–H and O–H groups in total. The molecule has 0 aliphatic rings. The number of carboxylic acid groups (broad SMARTS) is 1. The van der Waals surface area contributed by atoms with Gasteiger partial charge in [0.1, 0.15) is 18.7 Å². The second-order valence-electron chi connectivity index (χ2n) is 4.29. The molecule has 0 spiro atoms. The Morgan fingerprint density at radius 1 is 1.47 bits per heavy atom. The fourth-order valence-corrected chi connectivity index (χ4v) is 1.03. The van der Waals surface area contributed by atoms with Crippen LogP contribution in [0.15, 0.2) is 12.4 Å². The highest BCUT2D eigenvalue weighted by Gasteiger charge is 2.15. The topological polar surface area (TPSA) is 75.1 Å². The van der Waals surface area contributed by atoms with Crippen LogP contribution in [-0.4, -0.2) is 27.6 Å². The lowest BCUT2D eigenvalue weighted by Gasteiger charge is -2.17. The van der Waals surface area contributed by atoms with E-state index in [-0.39, 0.29) is 12.0 Å². The van der Waals surface area contributed by atoms with Gasteiger partial charge in [-0.2, -0.15) is 0 Å². The number of hydrogen-bond acceptors (Lipinski definition) is 4. The molecule has 5 nitrogen and oxygen atoms in total. The fraction of sp³-hybridized carbons (Fsp3) is 0.500. The molecule has 0 aromatic carbocycles. The molecule has 1 aromatic rings. The summed E-state index contributed by atoms with van der Waals surface area (Å²) >= 11 is 0. The largest absolute Gasteiger partial charge is 0.480 e. The SMILES string of the molecule is CC(C)(C)c1cc(NCC(=O)O)ncn1. The van der Waals surface area contributed by atoms with Crippen LogP contribution in [-0.2, 0) is 10.2 Å². The van der Waals surface area contributed by atoms with Crippen molar-refractivity contribution in [2.45, 2.75) is 26.2 Å². The minimum absolute atomic E-state index is 0.0669. The van der Waals surface area contributed by atoms with Crippen molar-refractivity contribution in [2.24, 2.45) is 0 Å². The maximum Gasteiger partial charge on any atom is 0.322 e. The molecule has 0 aliphatic heterocycles. The first-order valence-electron chi connectivity index (χ1n) is 4.68. The fourth-order valence-electron chi connectivity index (χ4n) is 1.03. The number of nitrogens with zero attached hydrogens (tertiary/aromatic N) is 2. The van der Waals surface area contributed by atoms with E-state index in [0.717, 1.165) is 5.69 Å². The summed E-state index contributed by atoms with van der Waals surface area (Å²) in [5.41, 5.74) is 0.813. The third kappa shape index (κ3) is 3.53. The highest BCUT2D eigenvalue weighted by molar-refractivity contribution is 5.72. The first kappa shape index (κ1) is 11.4. The van der Waals surface area contributed by atoms with Gasteiger partial charge in [0.2, 0.25) is 0 Å². The van der Waals surface area contributed by atoms with Gasteiger partial charge in [0, 0.05) is 11.5 Å². The maximum absolute atomic E-state index is 10.3. The number of anilines is 1. The van der Waals surface area contributed by atoms with Gasteiger partial charge in [-0.05, 0) is 0 Å². The summed E-state index contributed by atoms with van der Waals surface area (Å²) in [7, 11) is 0. The monoisotopic (exact) mass is 209 g/mol. The van der Waals surface area contributed by atoms with Gasteiger partial charge in [0.25, 0.3) is 0 Å². The van der Waals surface area contributed by atoms with Crippen molar-refractivity contribution in [3.05, 3.63) is 18.1 Å². The second kappa shape index (κ2) is 4.25. The lowest BCUT2D eigenvalue weighted by molar-refractivity contribution is -0.134. The van der Waals surface area contributed by atoms with Gasteiger partial charge >= 0.3 is 5.97 Å². The van der Waals surface area contributed by atoms with Crippen molar-refractivity contribution in [3.8, 4) is 0 Å². The number of aliphatic carboxylic acids is 1. The van der Waals surface area contributed by atoms with Crippen LogP contribution in [0.3, 0.4) is 0 Å². The molecule has 0 aliphatic carbocycles. The summed E-state index contributed by atoms with van der Waals surface area (Å²) in [5.74, 6) is -0.372. The minimum Gasteiger partial charge on any atom is -0.480 e. The van der Waals surface area contributed by atoms with E-state index in [1.807, 2.05) is 20.8 Å². The lowest BCUT2D eigenvalue weighted by atomic mass is 9.92. The number of carboxylic acids is 1. The average molecular weight is 209 g/mol. The quantitative estimate of drug-likeness (QED) is 0.784. The standard InChI is InChI=1S/C10H15N3O2/c1-10(2,3)7-4-8(13-6-12-7)11-5-9(14)15/h4,6H,5H2,1-3H3,(H,14,15)(H,11,12,13). The highest BCUT2D eigenvalue weighted by Crippen LogP contribution is 2.20. The number of hydrogen-bond donors (Lipinski definition) is 2. The summed E-state index contributed by atoms with van der Waals surface area (Å²) in [6, 6.07) is 1.77. The van der Waals surface area contributed by atoms with Crippen LogP contribution in [0.25, 0.3) is 0 Å². The smallest absolute Gasteiger partial charge is 0.322 e. The minimum atomic E-state index is -0.911. The molecule has 5 heteroatoms. The number of carbonyl (C=O) groups is 1. The van der Waals surface area contributed by atoms with E-state index < -0.39 is 5.97 Å².